The van der Waals surface area contributed by atoms with Gasteiger partial charge in [-0.15, -0.1) is 0 Å². The SMILES string of the molecule is Cn1cc(CN2CCN(C(=O)C3CCN(S(=O)(=O)c4ccc([N+](=O)[O-])cc4)CC3)CC2)cn1. The zero-order valence-electron chi connectivity index (χ0n) is 18.5. The fourth-order valence-corrected chi connectivity index (χ4v) is 5.90. The highest BCUT2D eigenvalue weighted by Gasteiger charge is 2.34. The second kappa shape index (κ2) is 9.57. The number of carbonyl (C=O) groups is 1. The summed E-state index contributed by atoms with van der Waals surface area (Å²) in [7, 11) is -1.85. The quantitative estimate of drug-likeness (QED) is 0.451. The molecule has 0 saturated carbocycles. The van der Waals surface area contributed by atoms with Crippen LogP contribution in [0.1, 0.15) is 18.4 Å². The second-order valence-corrected chi connectivity index (χ2v) is 10.5. The summed E-state index contributed by atoms with van der Waals surface area (Å²) in [6.45, 7) is 4.27. The molecular formula is C21H28N6O5S. The lowest BCUT2D eigenvalue weighted by Crippen LogP contribution is -2.51. The van der Waals surface area contributed by atoms with Gasteiger partial charge in [0.15, 0.2) is 0 Å². The van der Waals surface area contributed by atoms with Gasteiger partial charge < -0.3 is 4.90 Å². The second-order valence-electron chi connectivity index (χ2n) is 8.55. The molecule has 2 aliphatic rings. The highest BCUT2D eigenvalue weighted by Crippen LogP contribution is 2.26. The largest absolute Gasteiger partial charge is 0.340 e. The molecule has 0 radical (unpaired) electrons. The van der Waals surface area contributed by atoms with Crippen molar-refractivity contribution in [2.75, 3.05) is 39.3 Å². The highest BCUT2D eigenvalue weighted by atomic mass is 32.2. The zero-order chi connectivity index (χ0) is 23.6. The van der Waals surface area contributed by atoms with E-state index >= 15 is 0 Å². The number of carbonyl (C=O) groups excluding carboxylic acids is 1. The van der Waals surface area contributed by atoms with Gasteiger partial charge in [-0.3, -0.25) is 24.5 Å². The number of amides is 1. The van der Waals surface area contributed by atoms with Crippen LogP contribution in [0.3, 0.4) is 0 Å². The summed E-state index contributed by atoms with van der Waals surface area (Å²) < 4.78 is 28.9. The first-order chi connectivity index (χ1) is 15.7. The van der Waals surface area contributed by atoms with Crippen LogP contribution in [-0.2, 0) is 28.4 Å². The van der Waals surface area contributed by atoms with Crippen molar-refractivity contribution in [3.63, 3.8) is 0 Å². The number of hydrogen-bond donors (Lipinski definition) is 0. The van der Waals surface area contributed by atoms with Crippen LogP contribution in [0, 0.1) is 16.0 Å². The van der Waals surface area contributed by atoms with Crippen LogP contribution in [0.15, 0.2) is 41.6 Å². The molecule has 33 heavy (non-hydrogen) atoms. The van der Waals surface area contributed by atoms with Gasteiger partial charge in [0.1, 0.15) is 0 Å². The number of hydrogen-bond acceptors (Lipinski definition) is 7. The first-order valence-corrected chi connectivity index (χ1v) is 12.4. The number of sulfonamides is 1. The van der Waals surface area contributed by atoms with Gasteiger partial charge >= 0.3 is 0 Å². The van der Waals surface area contributed by atoms with E-state index in [0.717, 1.165) is 25.2 Å². The average molecular weight is 477 g/mol. The zero-order valence-corrected chi connectivity index (χ0v) is 19.4. The third-order valence-electron chi connectivity index (χ3n) is 6.34. The fraction of sp³-hybridized carbons (Fsp3) is 0.524. The number of benzene rings is 1. The molecule has 1 amide bonds. The number of rotatable bonds is 6. The maximum Gasteiger partial charge on any atom is 0.269 e. The van der Waals surface area contributed by atoms with Crippen molar-refractivity contribution in [1.29, 1.82) is 0 Å². The van der Waals surface area contributed by atoms with Crippen LogP contribution in [0.4, 0.5) is 5.69 Å². The molecule has 0 atom stereocenters. The Morgan fingerprint density at radius 1 is 1.09 bits per heavy atom. The Bertz CT molecular complexity index is 1100. The molecule has 11 nitrogen and oxygen atoms in total. The average Bonchev–Trinajstić information content (AvgIpc) is 3.23. The monoisotopic (exact) mass is 476 g/mol. The molecule has 178 valence electrons. The van der Waals surface area contributed by atoms with E-state index in [2.05, 4.69) is 10.00 Å². The minimum atomic E-state index is -3.74. The molecule has 0 unspecified atom stereocenters. The van der Waals surface area contributed by atoms with Crippen LogP contribution in [0.2, 0.25) is 0 Å². The van der Waals surface area contributed by atoms with Crippen LogP contribution >= 0.6 is 0 Å². The standard InChI is InChI=1S/C21H28N6O5S/c1-23-15-17(14-22-23)16-24-10-12-25(13-11-24)21(28)18-6-8-26(9-7-18)33(31,32)20-4-2-19(3-5-20)27(29)30/h2-5,14-15,18H,6-13,16H2,1H3. The van der Waals surface area contributed by atoms with Crippen molar-refractivity contribution in [2.45, 2.75) is 24.3 Å². The van der Waals surface area contributed by atoms with E-state index in [4.69, 9.17) is 0 Å². The van der Waals surface area contributed by atoms with Gasteiger partial charge in [-0.05, 0) is 25.0 Å². The molecule has 4 rings (SSSR count). The Balaban J connectivity index is 1.28. The van der Waals surface area contributed by atoms with Crippen LogP contribution in [0.25, 0.3) is 0 Å². The number of piperazine rings is 1. The maximum absolute atomic E-state index is 13.0. The number of nitrogens with zero attached hydrogens (tertiary/aromatic N) is 6. The van der Waals surface area contributed by atoms with Gasteiger partial charge in [-0.2, -0.15) is 9.40 Å². The lowest BCUT2D eigenvalue weighted by Gasteiger charge is -2.38. The summed E-state index contributed by atoms with van der Waals surface area (Å²) in [4.78, 5) is 27.5. The van der Waals surface area contributed by atoms with Crippen molar-refractivity contribution >= 4 is 21.6 Å². The topological polar surface area (TPSA) is 122 Å². The van der Waals surface area contributed by atoms with E-state index in [1.807, 2.05) is 24.3 Å². The smallest absolute Gasteiger partial charge is 0.269 e. The molecular weight excluding hydrogens is 448 g/mol. The van der Waals surface area contributed by atoms with E-state index in [9.17, 15) is 23.3 Å². The summed E-state index contributed by atoms with van der Waals surface area (Å²) in [6.07, 6.45) is 4.80. The summed E-state index contributed by atoms with van der Waals surface area (Å²) in [5.74, 6) is -0.0819. The predicted octanol–water partition coefficient (Wildman–Crippen LogP) is 1.07. The van der Waals surface area contributed by atoms with Gasteiger partial charge in [0.25, 0.3) is 5.69 Å². The Hall–Kier alpha value is -2.83. The minimum Gasteiger partial charge on any atom is -0.340 e. The number of non-ortho nitro benzene ring substituents is 1. The summed E-state index contributed by atoms with van der Waals surface area (Å²) in [5.41, 5.74) is 0.998. The maximum atomic E-state index is 13.0. The molecule has 2 aromatic rings. The lowest BCUT2D eigenvalue weighted by molar-refractivity contribution is -0.384. The number of aryl methyl sites for hydroxylation is 1. The van der Waals surface area contributed by atoms with Crippen LogP contribution < -0.4 is 0 Å². The molecule has 0 N–H and O–H groups in total. The Morgan fingerprint density at radius 3 is 2.27 bits per heavy atom. The van der Waals surface area contributed by atoms with Crippen molar-refractivity contribution in [3.05, 3.63) is 52.3 Å². The molecule has 2 fully saturated rings. The van der Waals surface area contributed by atoms with Gasteiger partial charge in [0.05, 0.1) is 16.0 Å². The Kier molecular flexibility index (Phi) is 6.77. The molecule has 1 aromatic carbocycles. The van der Waals surface area contributed by atoms with Crippen molar-refractivity contribution < 1.29 is 18.1 Å². The number of piperidine rings is 1. The molecule has 0 bridgehead atoms. The van der Waals surface area contributed by atoms with E-state index < -0.39 is 14.9 Å². The number of aromatic nitrogens is 2. The van der Waals surface area contributed by atoms with Crippen molar-refractivity contribution in [2.24, 2.45) is 13.0 Å². The fourth-order valence-electron chi connectivity index (χ4n) is 4.43. The van der Waals surface area contributed by atoms with E-state index in [1.165, 1.54) is 28.6 Å². The first-order valence-electron chi connectivity index (χ1n) is 11.0. The number of nitro groups is 1. The minimum absolute atomic E-state index is 0.0302. The van der Waals surface area contributed by atoms with Crippen molar-refractivity contribution in [3.8, 4) is 0 Å². The third-order valence-corrected chi connectivity index (χ3v) is 8.25. The van der Waals surface area contributed by atoms with Gasteiger partial charge in [0.2, 0.25) is 15.9 Å². The lowest BCUT2D eigenvalue weighted by atomic mass is 9.96. The summed E-state index contributed by atoms with van der Waals surface area (Å²) in [6, 6.07) is 4.90. The third kappa shape index (κ3) is 5.23. The normalized spacial score (nSPS) is 19.0. The van der Waals surface area contributed by atoms with Gasteiger partial charge in [-0.1, -0.05) is 0 Å². The predicted molar refractivity (Wildman–Crippen MR) is 120 cm³/mol. The number of nitro benzene ring substituents is 1. The molecule has 0 spiro atoms. The molecule has 1 aromatic heterocycles. The van der Waals surface area contributed by atoms with Gasteiger partial charge in [-0.25, -0.2) is 8.42 Å². The van der Waals surface area contributed by atoms with Gasteiger partial charge in [0, 0.05) is 82.7 Å². The molecule has 3 heterocycles. The first kappa shape index (κ1) is 23.3. The van der Waals surface area contributed by atoms with E-state index in [0.29, 0.717) is 25.9 Å². The molecule has 0 aliphatic carbocycles. The van der Waals surface area contributed by atoms with Crippen LogP contribution in [0.5, 0.6) is 0 Å². The summed E-state index contributed by atoms with van der Waals surface area (Å²) >= 11 is 0. The van der Waals surface area contributed by atoms with E-state index in [-0.39, 0.29) is 35.5 Å². The summed E-state index contributed by atoms with van der Waals surface area (Å²) in [5, 5.41) is 15.0. The highest BCUT2D eigenvalue weighted by molar-refractivity contribution is 7.89. The van der Waals surface area contributed by atoms with Crippen LogP contribution in [-0.4, -0.2) is 82.4 Å². The Morgan fingerprint density at radius 2 is 1.73 bits per heavy atom. The van der Waals surface area contributed by atoms with E-state index in [1.54, 1.807) is 4.68 Å². The molecule has 2 saturated heterocycles. The molecule has 12 heteroatoms. The molecule has 2 aliphatic heterocycles. The Labute approximate surface area is 192 Å². The van der Waals surface area contributed by atoms with Crippen molar-refractivity contribution in [1.82, 2.24) is 23.9 Å².